The van der Waals surface area contributed by atoms with Gasteiger partial charge >= 0.3 is 0 Å². The average Bonchev–Trinajstić information content (AvgIpc) is 2.61. The van der Waals surface area contributed by atoms with E-state index in [1.807, 2.05) is 4.90 Å². The summed E-state index contributed by atoms with van der Waals surface area (Å²) < 4.78 is 30.8. The normalized spacial score (nSPS) is 21.0. The second kappa shape index (κ2) is 9.82. The van der Waals surface area contributed by atoms with Gasteiger partial charge in [-0.3, -0.25) is 9.69 Å². The molecular formula is C16H32N4O4S. The summed E-state index contributed by atoms with van der Waals surface area (Å²) in [6.45, 7) is 10.8. The molecule has 0 aromatic rings. The smallest absolute Gasteiger partial charge is 0.223 e. The van der Waals surface area contributed by atoms with Gasteiger partial charge in [-0.25, -0.2) is 12.7 Å². The maximum Gasteiger partial charge on any atom is 0.223 e. The largest absolute Gasteiger partial charge is 0.379 e. The van der Waals surface area contributed by atoms with Crippen LogP contribution in [0.15, 0.2) is 0 Å². The van der Waals surface area contributed by atoms with Crippen molar-refractivity contribution in [2.75, 3.05) is 84.9 Å². The molecule has 2 saturated heterocycles. The van der Waals surface area contributed by atoms with E-state index in [0.717, 1.165) is 45.8 Å². The third-order valence-corrected chi connectivity index (χ3v) is 6.29. The van der Waals surface area contributed by atoms with E-state index in [-0.39, 0.29) is 18.9 Å². The summed E-state index contributed by atoms with van der Waals surface area (Å²) in [6.07, 6.45) is 1.47. The number of likely N-dealkylation sites (N-methyl/N-ethyl adjacent to an activating group) is 1. The van der Waals surface area contributed by atoms with E-state index in [4.69, 9.17) is 4.74 Å². The first-order valence-electron chi connectivity index (χ1n) is 9.15. The van der Waals surface area contributed by atoms with Crippen LogP contribution in [0.1, 0.15) is 13.3 Å². The number of sulfonamides is 1. The molecule has 9 heteroatoms. The molecule has 0 spiro atoms. The van der Waals surface area contributed by atoms with E-state index in [1.165, 1.54) is 10.6 Å². The number of nitrogens with zero attached hydrogens (tertiary/aromatic N) is 4. The molecule has 0 saturated carbocycles. The summed E-state index contributed by atoms with van der Waals surface area (Å²) >= 11 is 0. The van der Waals surface area contributed by atoms with Gasteiger partial charge < -0.3 is 14.5 Å². The molecule has 0 aromatic carbocycles. The number of carbonyl (C=O) groups is 1. The van der Waals surface area contributed by atoms with Gasteiger partial charge in [0.2, 0.25) is 15.9 Å². The SMILES string of the molecule is CCN1CCN(C(=O)CCN(CCN2CCOCC2)S(C)(=O)=O)CC1. The molecule has 8 nitrogen and oxygen atoms in total. The first-order chi connectivity index (χ1) is 11.9. The van der Waals surface area contributed by atoms with Crippen LogP contribution in [0.4, 0.5) is 0 Å². The highest BCUT2D eigenvalue weighted by molar-refractivity contribution is 7.88. The highest BCUT2D eigenvalue weighted by atomic mass is 32.2. The Labute approximate surface area is 151 Å². The molecule has 2 aliphatic heterocycles. The van der Waals surface area contributed by atoms with Crippen LogP contribution in [0, 0.1) is 0 Å². The van der Waals surface area contributed by atoms with Crippen LogP contribution in [0.2, 0.25) is 0 Å². The van der Waals surface area contributed by atoms with Crippen molar-refractivity contribution in [2.45, 2.75) is 13.3 Å². The van der Waals surface area contributed by atoms with Crippen molar-refractivity contribution in [1.82, 2.24) is 19.0 Å². The molecule has 0 N–H and O–H groups in total. The number of piperazine rings is 1. The number of rotatable bonds is 8. The van der Waals surface area contributed by atoms with Gasteiger partial charge in [0.15, 0.2) is 0 Å². The minimum atomic E-state index is -3.31. The molecule has 0 radical (unpaired) electrons. The quantitative estimate of drug-likeness (QED) is 0.549. The number of hydrogen-bond acceptors (Lipinski definition) is 6. The van der Waals surface area contributed by atoms with Crippen molar-refractivity contribution >= 4 is 15.9 Å². The summed E-state index contributed by atoms with van der Waals surface area (Å²) in [5.41, 5.74) is 0. The van der Waals surface area contributed by atoms with E-state index in [2.05, 4.69) is 16.7 Å². The van der Waals surface area contributed by atoms with E-state index < -0.39 is 10.0 Å². The zero-order valence-electron chi connectivity index (χ0n) is 15.5. The summed E-state index contributed by atoms with van der Waals surface area (Å²) in [7, 11) is -3.31. The average molecular weight is 377 g/mol. The second-order valence-corrected chi connectivity index (χ2v) is 8.66. The van der Waals surface area contributed by atoms with Crippen molar-refractivity contribution in [3.63, 3.8) is 0 Å². The Kier molecular flexibility index (Phi) is 8.08. The van der Waals surface area contributed by atoms with Gasteiger partial charge in [0.1, 0.15) is 0 Å². The van der Waals surface area contributed by atoms with E-state index in [0.29, 0.717) is 26.3 Å². The van der Waals surface area contributed by atoms with Crippen LogP contribution in [0.3, 0.4) is 0 Å². The molecule has 0 atom stereocenters. The third kappa shape index (κ3) is 6.82. The lowest BCUT2D eigenvalue weighted by atomic mass is 10.2. The topological polar surface area (TPSA) is 73.4 Å². The molecule has 2 heterocycles. The van der Waals surface area contributed by atoms with Crippen LogP contribution in [-0.2, 0) is 19.6 Å². The van der Waals surface area contributed by atoms with Crippen LogP contribution >= 0.6 is 0 Å². The fourth-order valence-corrected chi connectivity index (χ4v) is 4.05. The first-order valence-corrected chi connectivity index (χ1v) is 11.0. The molecule has 2 aliphatic rings. The van der Waals surface area contributed by atoms with Crippen LogP contribution in [0.5, 0.6) is 0 Å². The Hall–Kier alpha value is -0.740. The molecule has 2 fully saturated rings. The van der Waals surface area contributed by atoms with Gasteiger partial charge in [-0.2, -0.15) is 0 Å². The Morgan fingerprint density at radius 2 is 1.64 bits per heavy atom. The summed E-state index contributed by atoms with van der Waals surface area (Å²) in [5, 5.41) is 0. The number of ether oxygens (including phenoxy) is 1. The fourth-order valence-electron chi connectivity index (χ4n) is 3.21. The van der Waals surface area contributed by atoms with Crippen molar-refractivity contribution in [2.24, 2.45) is 0 Å². The lowest BCUT2D eigenvalue weighted by molar-refractivity contribution is -0.133. The Balaban J connectivity index is 1.78. The van der Waals surface area contributed by atoms with Crippen LogP contribution < -0.4 is 0 Å². The third-order valence-electron chi connectivity index (χ3n) is 4.99. The molecule has 0 aromatic heterocycles. The number of hydrogen-bond donors (Lipinski definition) is 0. The maximum atomic E-state index is 12.4. The number of morpholine rings is 1. The summed E-state index contributed by atoms with van der Waals surface area (Å²) in [5.74, 6) is 0.0516. The van der Waals surface area contributed by atoms with E-state index >= 15 is 0 Å². The first kappa shape index (κ1) is 20.6. The Morgan fingerprint density at radius 3 is 2.20 bits per heavy atom. The molecule has 0 unspecified atom stereocenters. The Morgan fingerprint density at radius 1 is 1.00 bits per heavy atom. The van der Waals surface area contributed by atoms with Crippen molar-refractivity contribution in [1.29, 1.82) is 0 Å². The van der Waals surface area contributed by atoms with E-state index in [9.17, 15) is 13.2 Å². The minimum Gasteiger partial charge on any atom is -0.379 e. The van der Waals surface area contributed by atoms with Crippen LogP contribution in [-0.4, -0.2) is 118 Å². The predicted octanol–water partition coefficient (Wildman–Crippen LogP) is -0.866. The second-order valence-electron chi connectivity index (χ2n) is 6.68. The summed E-state index contributed by atoms with van der Waals surface area (Å²) in [4.78, 5) is 18.8. The zero-order chi connectivity index (χ0) is 18.3. The lowest BCUT2D eigenvalue weighted by Gasteiger charge is -2.34. The number of amides is 1. The van der Waals surface area contributed by atoms with Crippen molar-refractivity contribution in [3.05, 3.63) is 0 Å². The van der Waals surface area contributed by atoms with Gasteiger partial charge in [-0.1, -0.05) is 6.92 Å². The standard InChI is InChI=1S/C16H32N4O4S/c1-3-17-6-9-19(10-7-17)16(21)4-5-20(25(2,22)23)11-8-18-12-14-24-15-13-18/h3-15H2,1-2H3. The van der Waals surface area contributed by atoms with Crippen LogP contribution in [0.25, 0.3) is 0 Å². The Bertz CT molecular complexity index is 514. The van der Waals surface area contributed by atoms with Gasteiger partial charge in [0.25, 0.3) is 0 Å². The minimum absolute atomic E-state index is 0.0516. The number of carbonyl (C=O) groups excluding carboxylic acids is 1. The molecule has 25 heavy (non-hydrogen) atoms. The van der Waals surface area contributed by atoms with Gasteiger partial charge in [-0.15, -0.1) is 0 Å². The highest BCUT2D eigenvalue weighted by Crippen LogP contribution is 2.07. The van der Waals surface area contributed by atoms with Crippen molar-refractivity contribution in [3.8, 4) is 0 Å². The predicted molar refractivity (Wildman–Crippen MR) is 97.0 cm³/mol. The zero-order valence-corrected chi connectivity index (χ0v) is 16.3. The van der Waals surface area contributed by atoms with E-state index in [1.54, 1.807) is 0 Å². The molecule has 2 rings (SSSR count). The van der Waals surface area contributed by atoms with Gasteiger partial charge in [0, 0.05) is 65.3 Å². The molecule has 146 valence electrons. The van der Waals surface area contributed by atoms with Gasteiger partial charge in [-0.05, 0) is 6.54 Å². The van der Waals surface area contributed by atoms with Crippen molar-refractivity contribution < 1.29 is 17.9 Å². The fraction of sp³-hybridized carbons (Fsp3) is 0.938. The lowest BCUT2D eigenvalue weighted by Crippen LogP contribution is -2.49. The highest BCUT2D eigenvalue weighted by Gasteiger charge is 2.23. The monoisotopic (exact) mass is 376 g/mol. The van der Waals surface area contributed by atoms with Gasteiger partial charge in [0.05, 0.1) is 19.5 Å². The molecule has 1 amide bonds. The molecule has 0 aliphatic carbocycles. The summed E-state index contributed by atoms with van der Waals surface area (Å²) in [6, 6.07) is 0. The molecular weight excluding hydrogens is 344 g/mol. The maximum absolute atomic E-state index is 12.4. The molecule has 0 bridgehead atoms.